The summed E-state index contributed by atoms with van der Waals surface area (Å²) in [5, 5.41) is 1.97. The summed E-state index contributed by atoms with van der Waals surface area (Å²) in [5.74, 6) is -0.824. The van der Waals surface area contributed by atoms with Crippen molar-refractivity contribution in [3.05, 3.63) is 109 Å². The zero-order valence-corrected chi connectivity index (χ0v) is 23.3. The molecule has 9 heteroatoms. The van der Waals surface area contributed by atoms with Crippen LogP contribution >= 0.6 is 46.6 Å². The highest BCUT2D eigenvalue weighted by Crippen LogP contribution is 2.35. The molecule has 1 saturated heterocycles. The number of rotatable bonds is 7. The van der Waals surface area contributed by atoms with E-state index in [4.69, 9.17) is 34.8 Å². The Balaban J connectivity index is 1.47. The van der Waals surface area contributed by atoms with E-state index in [1.165, 1.54) is 0 Å². The maximum atomic E-state index is 13.2. The zero-order valence-electron chi connectivity index (χ0n) is 20.2. The first-order chi connectivity index (χ1) is 18.2. The minimum atomic E-state index is -0.487. The summed E-state index contributed by atoms with van der Waals surface area (Å²) in [5.41, 5.74) is 4.38. The molecule has 192 valence electrons. The summed E-state index contributed by atoms with van der Waals surface area (Å²) in [4.78, 5) is 39.8. The van der Waals surface area contributed by atoms with E-state index in [1.807, 2.05) is 30.5 Å². The third-order valence-electron chi connectivity index (χ3n) is 6.36. The quantitative estimate of drug-likeness (QED) is 0.163. The number of aromatic nitrogens is 1. The van der Waals surface area contributed by atoms with Crippen LogP contribution in [0.4, 0.5) is 4.79 Å². The summed E-state index contributed by atoms with van der Waals surface area (Å²) in [6.07, 6.45) is 4.52. The highest BCUT2D eigenvalue weighted by molar-refractivity contribution is 8.18. The zero-order chi connectivity index (χ0) is 27.0. The number of halogens is 3. The molecule has 1 aliphatic heterocycles. The number of hydrogen-bond acceptors (Lipinski definition) is 4. The SMILES string of the molecule is CCc1cccc2c(/C=C3\SC(=O)N(CC(=O)c4ccc(Cl)cc4)C3=O)cn(Cc3ccc(Cl)c(Cl)c3)c12. The molecule has 38 heavy (non-hydrogen) atoms. The second-order valence-electron chi connectivity index (χ2n) is 8.83. The molecule has 3 aromatic carbocycles. The minimum absolute atomic E-state index is 0.273. The Bertz CT molecular complexity index is 1630. The van der Waals surface area contributed by atoms with Crippen LogP contribution in [0.3, 0.4) is 0 Å². The van der Waals surface area contributed by atoms with Gasteiger partial charge in [0.05, 0.1) is 27.0 Å². The predicted molar refractivity (Wildman–Crippen MR) is 155 cm³/mol. The average Bonchev–Trinajstić information content (AvgIpc) is 3.38. The van der Waals surface area contributed by atoms with Crippen molar-refractivity contribution in [1.82, 2.24) is 9.47 Å². The fourth-order valence-corrected chi connectivity index (χ4v) is 5.75. The second-order valence-corrected chi connectivity index (χ2v) is 11.1. The van der Waals surface area contributed by atoms with Crippen LogP contribution in [0.25, 0.3) is 17.0 Å². The summed E-state index contributed by atoms with van der Waals surface area (Å²) in [6.45, 7) is 2.31. The molecule has 0 radical (unpaired) electrons. The van der Waals surface area contributed by atoms with Crippen LogP contribution < -0.4 is 0 Å². The van der Waals surface area contributed by atoms with Gasteiger partial charge in [-0.1, -0.05) is 66.0 Å². The normalized spacial score (nSPS) is 14.7. The maximum Gasteiger partial charge on any atom is 0.293 e. The number of Topliss-reactive ketones (excluding diaryl/α,β-unsaturated/α-hetero) is 1. The molecule has 5 nitrogen and oxygen atoms in total. The number of nitrogens with zero attached hydrogens (tertiary/aromatic N) is 2. The van der Waals surface area contributed by atoms with Crippen LogP contribution in [-0.2, 0) is 17.8 Å². The second kappa shape index (κ2) is 11.0. The minimum Gasteiger partial charge on any atom is -0.342 e. The number of benzene rings is 3. The number of carbonyl (C=O) groups excluding carboxylic acids is 3. The molecule has 1 aromatic heterocycles. The number of para-hydroxylation sites is 1. The van der Waals surface area contributed by atoms with Crippen LogP contribution in [-0.4, -0.2) is 32.9 Å². The van der Waals surface area contributed by atoms with Crippen molar-refractivity contribution < 1.29 is 14.4 Å². The number of carbonyl (C=O) groups is 3. The Morgan fingerprint density at radius 3 is 2.45 bits per heavy atom. The van der Waals surface area contributed by atoms with Gasteiger partial charge in [-0.2, -0.15) is 0 Å². The molecule has 4 aromatic rings. The Kier molecular flexibility index (Phi) is 7.68. The highest BCUT2D eigenvalue weighted by Gasteiger charge is 2.36. The number of thioether (sulfide) groups is 1. The number of ketones is 1. The highest BCUT2D eigenvalue weighted by atomic mass is 35.5. The summed E-state index contributed by atoms with van der Waals surface area (Å²) in [7, 11) is 0. The van der Waals surface area contributed by atoms with E-state index in [0.29, 0.717) is 27.2 Å². The molecule has 0 atom stereocenters. The molecule has 0 saturated carbocycles. The third-order valence-corrected chi connectivity index (χ3v) is 8.26. The van der Waals surface area contributed by atoms with Crippen LogP contribution in [0, 0.1) is 0 Å². The number of fused-ring (bicyclic) bond motifs is 1. The first kappa shape index (κ1) is 26.6. The van der Waals surface area contributed by atoms with Crippen LogP contribution in [0.1, 0.15) is 34.0 Å². The van der Waals surface area contributed by atoms with Gasteiger partial charge in [-0.05, 0) is 71.8 Å². The van der Waals surface area contributed by atoms with Crippen molar-refractivity contribution in [2.24, 2.45) is 0 Å². The fourth-order valence-electron chi connectivity index (χ4n) is 4.47. The molecule has 2 heterocycles. The van der Waals surface area contributed by atoms with Gasteiger partial charge in [0.2, 0.25) is 0 Å². The van der Waals surface area contributed by atoms with Crippen molar-refractivity contribution >= 4 is 80.5 Å². The number of hydrogen-bond donors (Lipinski definition) is 0. The topological polar surface area (TPSA) is 59.4 Å². The third kappa shape index (κ3) is 5.27. The number of amides is 2. The van der Waals surface area contributed by atoms with Gasteiger partial charge in [-0.3, -0.25) is 19.3 Å². The van der Waals surface area contributed by atoms with Crippen molar-refractivity contribution in [2.45, 2.75) is 19.9 Å². The fraction of sp³-hybridized carbons (Fsp3) is 0.138. The lowest BCUT2D eigenvalue weighted by atomic mass is 10.1. The molecule has 2 amide bonds. The molecule has 1 fully saturated rings. The summed E-state index contributed by atoms with van der Waals surface area (Å²) >= 11 is 19.1. The van der Waals surface area contributed by atoms with Gasteiger partial charge in [0, 0.05) is 34.3 Å². The lowest BCUT2D eigenvalue weighted by Gasteiger charge is -2.11. The number of aryl methyl sites for hydroxylation is 1. The first-order valence-electron chi connectivity index (χ1n) is 11.8. The van der Waals surface area contributed by atoms with Crippen LogP contribution in [0.15, 0.2) is 71.8 Å². The molecule has 5 rings (SSSR count). The van der Waals surface area contributed by atoms with E-state index in [1.54, 1.807) is 36.4 Å². The first-order valence-corrected chi connectivity index (χ1v) is 13.8. The summed E-state index contributed by atoms with van der Waals surface area (Å²) in [6, 6.07) is 18.0. The lowest BCUT2D eigenvalue weighted by molar-refractivity contribution is -0.122. The molecule has 0 aliphatic carbocycles. The van der Waals surface area contributed by atoms with Gasteiger partial charge >= 0.3 is 0 Å². The predicted octanol–water partition coefficient (Wildman–Crippen LogP) is 8.13. The van der Waals surface area contributed by atoms with Crippen molar-refractivity contribution in [3.8, 4) is 0 Å². The van der Waals surface area contributed by atoms with E-state index >= 15 is 0 Å². The molecular formula is C29H21Cl3N2O3S. The standard InChI is InChI=1S/C29H21Cl3N2O3S/c1-2-18-4-3-5-22-20(15-33(27(18)22)14-17-6-11-23(31)24(32)12-17)13-26-28(36)34(29(37)38-26)16-25(35)19-7-9-21(30)10-8-19/h3-13,15H,2,14,16H2,1H3/b26-13-. The average molecular weight is 584 g/mol. The van der Waals surface area contributed by atoms with Gasteiger partial charge in [-0.25, -0.2) is 0 Å². The van der Waals surface area contributed by atoms with E-state index < -0.39 is 11.1 Å². The van der Waals surface area contributed by atoms with Crippen molar-refractivity contribution in [2.75, 3.05) is 6.54 Å². The lowest BCUT2D eigenvalue weighted by Crippen LogP contribution is -2.33. The molecule has 0 spiro atoms. The Morgan fingerprint density at radius 2 is 1.74 bits per heavy atom. The van der Waals surface area contributed by atoms with Crippen molar-refractivity contribution in [3.63, 3.8) is 0 Å². The van der Waals surface area contributed by atoms with Crippen LogP contribution in [0.2, 0.25) is 15.1 Å². The molecule has 0 unspecified atom stereocenters. The largest absolute Gasteiger partial charge is 0.342 e. The van der Waals surface area contributed by atoms with E-state index in [-0.39, 0.29) is 17.2 Å². The van der Waals surface area contributed by atoms with Gasteiger partial charge in [0.1, 0.15) is 0 Å². The molecular weight excluding hydrogens is 563 g/mol. The van der Waals surface area contributed by atoms with Gasteiger partial charge in [0.15, 0.2) is 5.78 Å². The van der Waals surface area contributed by atoms with Crippen molar-refractivity contribution in [1.29, 1.82) is 0 Å². The molecule has 0 N–H and O–H groups in total. The monoisotopic (exact) mass is 582 g/mol. The van der Waals surface area contributed by atoms with Gasteiger partial charge in [-0.15, -0.1) is 0 Å². The van der Waals surface area contributed by atoms with E-state index in [0.717, 1.165) is 50.7 Å². The van der Waals surface area contributed by atoms with Gasteiger partial charge < -0.3 is 4.57 Å². The number of imide groups is 1. The Labute approximate surface area is 239 Å². The molecule has 1 aliphatic rings. The van der Waals surface area contributed by atoms with E-state index in [2.05, 4.69) is 17.6 Å². The Hall–Kier alpha value is -3.03. The van der Waals surface area contributed by atoms with Gasteiger partial charge in [0.25, 0.3) is 11.1 Å². The maximum absolute atomic E-state index is 13.2. The van der Waals surface area contributed by atoms with E-state index in [9.17, 15) is 14.4 Å². The smallest absolute Gasteiger partial charge is 0.293 e. The van der Waals surface area contributed by atoms with Crippen LogP contribution in [0.5, 0.6) is 0 Å². The molecule has 0 bridgehead atoms. The summed E-state index contributed by atoms with van der Waals surface area (Å²) < 4.78 is 2.12. The Morgan fingerprint density at radius 1 is 0.974 bits per heavy atom.